The van der Waals surface area contributed by atoms with Crippen molar-refractivity contribution in [2.24, 2.45) is 5.92 Å². The molecular formula is C25H25N3O2. The van der Waals surface area contributed by atoms with E-state index < -0.39 is 0 Å². The molecule has 5 rings (SSSR count). The van der Waals surface area contributed by atoms with E-state index in [-0.39, 0.29) is 17.7 Å². The molecule has 1 aromatic heterocycles. The molecule has 3 heterocycles. The van der Waals surface area contributed by atoms with Crippen molar-refractivity contribution in [1.29, 1.82) is 0 Å². The Morgan fingerprint density at radius 1 is 1.13 bits per heavy atom. The third kappa shape index (κ3) is 2.76. The lowest BCUT2D eigenvalue weighted by Crippen LogP contribution is -2.33. The number of hydrogen-bond acceptors (Lipinski definition) is 3. The Bertz CT molecular complexity index is 1200. The topological polar surface area (TPSA) is 54.3 Å². The van der Waals surface area contributed by atoms with Crippen LogP contribution in [0.2, 0.25) is 0 Å². The van der Waals surface area contributed by atoms with Gasteiger partial charge in [-0.15, -0.1) is 0 Å². The van der Waals surface area contributed by atoms with E-state index in [1.807, 2.05) is 24.3 Å². The van der Waals surface area contributed by atoms with Crippen molar-refractivity contribution >= 4 is 28.4 Å². The van der Waals surface area contributed by atoms with Crippen molar-refractivity contribution in [3.8, 4) is 0 Å². The Morgan fingerprint density at radius 2 is 1.90 bits per heavy atom. The summed E-state index contributed by atoms with van der Waals surface area (Å²) in [6, 6.07) is 16.4. The summed E-state index contributed by atoms with van der Waals surface area (Å²) in [4.78, 5) is 26.8. The van der Waals surface area contributed by atoms with E-state index in [1.165, 1.54) is 17.3 Å². The minimum absolute atomic E-state index is 0.198. The van der Waals surface area contributed by atoms with E-state index in [2.05, 4.69) is 54.2 Å². The van der Waals surface area contributed by atoms with Crippen LogP contribution in [-0.2, 0) is 16.1 Å². The van der Waals surface area contributed by atoms with Gasteiger partial charge in [0.25, 0.3) is 5.91 Å². The number of aromatic nitrogens is 1. The van der Waals surface area contributed by atoms with Crippen molar-refractivity contribution in [2.45, 2.75) is 33.2 Å². The Morgan fingerprint density at radius 3 is 2.60 bits per heavy atom. The summed E-state index contributed by atoms with van der Waals surface area (Å²) in [5, 5.41) is 4.68. The normalized spacial score (nSPS) is 18.1. The molecule has 2 aromatic carbocycles. The van der Waals surface area contributed by atoms with Gasteiger partial charge >= 0.3 is 0 Å². The Hall–Kier alpha value is -3.34. The number of rotatable bonds is 3. The quantitative estimate of drug-likeness (QED) is 0.706. The number of carbonyl (C=O) groups excluding carboxylic acids is 2. The van der Waals surface area contributed by atoms with Gasteiger partial charge in [-0.2, -0.15) is 0 Å². The van der Waals surface area contributed by atoms with Gasteiger partial charge in [-0.05, 0) is 29.2 Å². The van der Waals surface area contributed by atoms with Crippen molar-refractivity contribution in [3.63, 3.8) is 0 Å². The summed E-state index contributed by atoms with van der Waals surface area (Å²) >= 11 is 0. The molecule has 2 aliphatic heterocycles. The van der Waals surface area contributed by atoms with Crippen molar-refractivity contribution in [2.75, 3.05) is 11.9 Å². The maximum absolute atomic E-state index is 13.4. The zero-order valence-corrected chi connectivity index (χ0v) is 17.5. The second-order valence-electron chi connectivity index (χ2n) is 8.60. The zero-order valence-electron chi connectivity index (χ0n) is 17.5. The van der Waals surface area contributed by atoms with Crippen LogP contribution in [0.3, 0.4) is 0 Å². The molecule has 0 unspecified atom stereocenters. The van der Waals surface area contributed by atoms with Crippen LogP contribution in [0, 0.1) is 5.92 Å². The third-order valence-electron chi connectivity index (χ3n) is 6.01. The van der Waals surface area contributed by atoms with Crippen LogP contribution in [0.15, 0.2) is 66.0 Å². The van der Waals surface area contributed by atoms with Crippen LogP contribution in [0.1, 0.15) is 37.8 Å². The number of carbonyl (C=O) groups is 2. The van der Waals surface area contributed by atoms with E-state index in [1.54, 1.807) is 0 Å². The summed E-state index contributed by atoms with van der Waals surface area (Å²) in [6.45, 7) is 7.06. The molecular weight excluding hydrogens is 374 g/mol. The predicted octanol–water partition coefficient (Wildman–Crippen LogP) is 4.50. The first-order valence-electron chi connectivity index (χ1n) is 10.4. The molecule has 0 radical (unpaired) electrons. The third-order valence-corrected chi connectivity index (χ3v) is 6.01. The van der Waals surface area contributed by atoms with Crippen molar-refractivity contribution in [1.82, 2.24) is 9.47 Å². The van der Waals surface area contributed by atoms with Gasteiger partial charge in [0, 0.05) is 42.4 Å². The average Bonchev–Trinajstić information content (AvgIpc) is 3.18. The van der Waals surface area contributed by atoms with E-state index in [9.17, 15) is 9.59 Å². The Labute approximate surface area is 176 Å². The first-order chi connectivity index (χ1) is 14.5. The van der Waals surface area contributed by atoms with Crippen LogP contribution in [0.25, 0.3) is 10.9 Å². The fraction of sp³-hybridized carbons (Fsp3) is 0.280. The molecule has 0 spiro atoms. The number of amides is 2. The van der Waals surface area contributed by atoms with E-state index in [0.29, 0.717) is 18.0 Å². The Balaban J connectivity index is 1.79. The molecule has 0 saturated carbocycles. The van der Waals surface area contributed by atoms with Gasteiger partial charge in [0.1, 0.15) is 0 Å². The van der Waals surface area contributed by atoms with Crippen LogP contribution in [-0.4, -0.2) is 27.8 Å². The van der Waals surface area contributed by atoms with Gasteiger partial charge in [-0.25, -0.2) is 0 Å². The lowest BCUT2D eigenvalue weighted by Gasteiger charge is -2.19. The SMILES string of the molecule is CC(=O)N1CC2=C(C1=O)[C@@H](c1ccccc1)c1cn(CC(C)C)c3cccc(c13)N2. The van der Waals surface area contributed by atoms with Crippen LogP contribution >= 0.6 is 0 Å². The molecule has 0 aliphatic carbocycles. The van der Waals surface area contributed by atoms with E-state index in [0.717, 1.165) is 34.4 Å². The molecule has 30 heavy (non-hydrogen) atoms. The molecule has 152 valence electrons. The highest BCUT2D eigenvalue weighted by molar-refractivity contribution is 6.11. The van der Waals surface area contributed by atoms with Gasteiger partial charge < -0.3 is 9.88 Å². The Kier molecular flexibility index (Phi) is 4.28. The molecule has 2 amide bonds. The lowest BCUT2D eigenvalue weighted by atomic mass is 9.84. The molecule has 1 atom stereocenters. The molecule has 5 heteroatoms. The fourth-order valence-corrected chi connectivity index (χ4v) is 4.81. The molecule has 2 aliphatic rings. The van der Waals surface area contributed by atoms with Gasteiger partial charge in [0.2, 0.25) is 5.91 Å². The highest BCUT2D eigenvalue weighted by atomic mass is 16.2. The molecule has 0 bridgehead atoms. The van der Waals surface area contributed by atoms with Crippen molar-refractivity contribution in [3.05, 3.63) is 77.1 Å². The highest BCUT2D eigenvalue weighted by Gasteiger charge is 2.41. The summed E-state index contributed by atoms with van der Waals surface area (Å²) in [6.07, 6.45) is 2.20. The largest absolute Gasteiger partial charge is 0.356 e. The second kappa shape index (κ2) is 6.87. The standard InChI is InChI=1S/C25H25N3O2/c1-15(2)12-27-13-18-22(17-8-5-4-6-9-17)24-20(14-28(16(3)29)25(24)30)26-19-10-7-11-21(27)23(18)19/h4-11,13,15,22,26H,12,14H2,1-3H3/t22-/m0/s1. The fourth-order valence-electron chi connectivity index (χ4n) is 4.81. The maximum atomic E-state index is 13.4. The van der Waals surface area contributed by atoms with Gasteiger partial charge in [0.05, 0.1) is 17.6 Å². The minimum Gasteiger partial charge on any atom is -0.356 e. The number of hydrogen-bond donors (Lipinski definition) is 1. The van der Waals surface area contributed by atoms with E-state index in [4.69, 9.17) is 0 Å². The molecule has 3 aromatic rings. The van der Waals surface area contributed by atoms with Gasteiger partial charge in [0.15, 0.2) is 0 Å². The zero-order chi connectivity index (χ0) is 21.0. The molecule has 1 N–H and O–H groups in total. The monoisotopic (exact) mass is 399 g/mol. The number of anilines is 1. The van der Waals surface area contributed by atoms with Crippen molar-refractivity contribution < 1.29 is 9.59 Å². The van der Waals surface area contributed by atoms with Crippen LogP contribution in [0.4, 0.5) is 5.69 Å². The molecule has 0 fully saturated rings. The summed E-state index contributed by atoms with van der Waals surface area (Å²) < 4.78 is 2.30. The number of benzene rings is 2. The van der Waals surface area contributed by atoms with E-state index >= 15 is 0 Å². The van der Waals surface area contributed by atoms with Gasteiger partial charge in [-0.1, -0.05) is 50.2 Å². The molecule has 5 nitrogen and oxygen atoms in total. The first kappa shape index (κ1) is 18.7. The minimum atomic E-state index is -0.225. The number of nitrogens with one attached hydrogen (secondary N) is 1. The average molecular weight is 399 g/mol. The number of nitrogens with zero attached hydrogens (tertiary/aromatic N) is 2. The number of imide groups is 1. The smallest absolute Gasteiger partial charge is 0.259 e. The summed E-state index contributed by atoms with van der Waals surface area (Å²) in [7, 11) is 0. The van der Waals surface area contributed by atoms with Crippen LogP contribution in [0.5, 0.6) is 0 Å². The summed E-state index contributed by atoms with van der Waals surface area (Å²) in [5.41, 5.74) is 5.84. The van der Waals surface area contributed by atoms with Gasteiger partial charge in [-0.3, -0.25) is 14.5 Å². The summed E-state index contributed by atoms with van der Waals surface area (Å²) in [5.74, 6) is -0.140. The van der Waals surface area contributed by atoms with Crippen LogP contribution < -0.4 is 5.32 Å². The highest BCUT2D eigenvalue weighted by Crippen LogP contribution is 2.46. The first-order valence-corrected chi connectivity index (χ1v) is 10.4. The predicted molar refractivity (Wildman–Crippen MR) is 118 cm³/mol. The molecule has 0 saturated heterocycles. The maximum Gasteiger partial charge on any atom is 0.259 e. The second-order valence-corrected chi connectivity index (χ2v) is 8.60. The lowest BCUT2D eigenvalue weighted by molar-refractivity contribution is -0.139.